The molecule has 0 unspecified atom stereocenters. The lowest BCUT2D eigenvalue weighted by molar-refractivity contribution is -0.121. The van der Waals surface area contributed by atoms with E-state index < -0.39 is 15.9 Å². The Labute approximate surface area is 172 Å². The molecule has 4 rings (SSSR count). The summed E-state index contributed by atoms with van der Waals surface area (Å²) >= 11 is 0. The molecule has 9 nitrogen and oxygen atoms in total. The summed E-state index contributed by atoms with van der Waals surface area (Å²) in [5.74, 6) is -0.799. The molecule has 0 saturated carbocycles. The minimum absolute atomic E-state index is 0.0311. The van der Waals surface area contributed by atoms with Gasteiger partial charge in [0.15, 0.2) is 11.5 Å². The number of carbonyl (C=O) groups excluding carboxylic acids is 3. The number of benzene rings is 2. The molecular formula is C20H18N2O7S. The van der Waals surface area contributed by atoms with Crippen molar-refractivity contribution in [1.82, 2.24) is 4.31 Å². The lowest BCUT2D eigenvalue weighted by Crippen LogP contribution is -2.34. The zero-order valence-corrected chi connectivity index (χ0v) is 16.8. The van der Waals surface area contributed by atoms with Gasteiger partial charge in [-0.1, -0.05) is 6.07 Å². The van der Waals surface area contributed by atoms with E-state index >= 15 is 0 Å². The van der Waals surface area contributed by atoms with Crippen molar-refractivity contribution in [2.75, 3.05) is 25.2 Å². The molecule has 0 aromatic heterocycles. The minimum atomic E-state index is -4.17. The molecule has 1 fully saturated rings. The maximum absolute atomic E-state index is 13.0. The van der Waals surface area contributed by atoms with E-state index in [2.05, 4.69) is 0 Å². The first kappa shape index (κ1) is 19.9. The molecule has 3 amide bonds. The fourth-order valence-corrected chi connectivity index (χ4v) is 4.41. The number of fused-ring (bicyclic) bond motifs is 1. The molecule has 0 spiro atoms. The quantitative estimate of drug-likeness (QED) is 0.677. The molecule has 0 bridgehead atoms. The average Bonchev–Trinajstić information content (AvgIpc) is 3.10. The molecule has 10 heteroatoms. The Morgan fingerprint density at radius 3 is 2.33 bits per heavy atom. The van der Waals surface area contributed by atoms with E-state index in [9.17, 15) is 22.8 Å². The van der Waals surface area contributed by atoms with Crippen molar-refractivity contribution in [2.24, 2.45) is 0 Å². The van der Waals surface area contributed by atoms with Crippen LogP contribution in [0.3, 0.4) is 0 Å². The summed E-state index contributed by atoms with van der Waals surface area (Å²) in [6.07, 6.45) is 0.213. The summed E-state index contributed by atoms with van der Waals surface area (Å²) < 4.78 is 37.4. The van der Waals surface area contributed by atoms with Gasteiger partial charge >= 0.3 is 0 Å². The lowest BCUT2D eigenvalue weighted by atomic mass is 10.2. The Bertz CT molecular complexity index is 1140. The highest BCUT2D eigenvalue weighted by molar-refractivity contribution is 7.89. The van der Waals surface area contributed by atoms with Gasteiger partial charge in [-0.05, 0) is 30.3 Å². The van der Waals surface area contributed by atoms with Gasteiger partial charge in [0.05, 0.1) is 10.6 Å². The van der Waals surface area contributed by atoms with Gasteiger partial charge in [-0.2, -0.15) is 0 Å². The third kappa shape index (κ3) is 3.39. The van der Waals surface area contributed by atoms with Crippen molar-refractivity contribution in [1.29, 1.82) is 0 Å². The molecule has 2 aromatic rings. The monoisotopic (exact) mass is 430 g/mol. The number of hydrogen-bond donors (Lipinski definition) is 0. The van der Waals surface area contributed by atoms with Crippen LogP contribution in [-0.4, -0.2) is 50.7 Å². The number of imide groups is 1. The van der Waals surface area contributed by atoms with Crippen molar-refractivity contribution in [3.63, 3.8) is 0 Å². The van der Waals surface area contributed by atoms with Crippen molar-refractivity contribution in [3.8, 4) is 11.5 Å². The van der Waals surface area contributed by atoms with E-state index in [0.29, 0.717) is 23.3 Å². The summed E-state index contributed by atoms with van der Waals surface area (Å²) in [5, 5.41) is 0. The third-order valence-electron chi connectivity index (χ3n) is 4.86. The standard InChI is InChI=1S/C20H18N2O7S/c1-21(30(26,27)15-5-6-16-17(12-15)29-10-9-28-16)20(25)13-3-2-4-14(11-13)22-18(23)7-8-19(22)24/h2-6,11-12H,7-10H2,1H3. The Morgan fingerprint density at radius 2 is 1.63 bits per heavy atom. The first-order valence-corrected chi connectivity index (χ1v) is 10.6. The third-order valence-corrected chi connectivity index (χ3v) is 6.60. The summed E-state index contributed by atoms with van der Waals surface area (Å²) in [4.78, 5) is 37.7. The van der Waals surface area contributed by atoms with Crippen LogP contribution in [0, 0.1) is 0 Å². The van der Waals surface area contributed by atoms with Crippen LogP contribution in [0.5, 0.6) is 11.5 Å². The second-order valence-electron chi connectivity index (χ2n) is 6.76. The van der Waals surface area contributed by atoms with Crippen LogP contribution in [-0.2, 0) is 19.6 Å². The van der Waals surface area contributed by atoms with Gasteiger partial charge in [0.25, 0.3) is 15.9 Å². The molecule has 0 N–H and O–H groups in total. The lowest BCUT2D eigenvalue weighted by Gasteiger charge is -2.22. The average molecular weight is 430 g/mol. The van der Waals surface area contributed by atoms with E-state index in [1.165, 1.54) is 42.5 Å². The summed E-state index contributed by atoms with van der Waals surface area (Å²) in [6, 6.07) is 9.90. The second-order valence-corrected chi connectivity index (χ2v) is 8.73. The van der Waals surface area contributed by atoms with Gasteiger partial charge in [0.2, 0.25) is 11.8 Å². The zero-order valence-electron chi connectivity index (χ0n) is 16.0. The highest BCUT2D eigenvalue weighted by Crippen LogP contribution is 2.33. The van der Waals surface area contributed by atoms with Crippen LogP contribution in [0.15, 0.2) is 47.4 Å². The Morgan fingerprint density at radius 1 is 0.967 bits per heavy atom. The normalized spacial score (nSPS) is 16.0. The number of ether oxygens (including phenoxy) is 2. The van der Waals surface area contributed by atoms with Gasteiger partial charge in [-0.3, -0.25) is 19.3 Å². The first-order valence-electron chi connectivity index (χ1n) is 9.18. The number of nitrogens with zero attached hydrogens (tertiary/aromatic N) is 2. The van der Waals surface area contributed by atoms with E-state index in [1.807, 2.05) is 0 Å². The van der Waals surface area contributed by atoms with Gasteiger partial charge in [0.1, 0.15) is 13.2 Å². The van der Waals surface area contributed by atoms with E-state index in [-0.39, 0.29) is 46.6 Å². The summed E-state index contributed by atoms with van der Waals surface area (Å²) in [6.45, 7) is 0.669. The van der Waals surface area contributed by atoms with Crippen molar-refractivity contribution < 1.29 is 32.3 Å². The van der Waals surface area contributed by atoms with Gasteiger partial charge < -0.3 is 9.47 Å². The SMILES string of the molecule is CN(C(=O)c1cccc(N2C(=O)CCC2=O)c1)S(=O)(=O)c1ccc2c(c1)OCCO2. The zero-order chi connectivity index (χ0) is 21.5. The largest absolute Gasteiger partial charge is 0.486 e. The fraction of sp³-hybridized carbons (Fsp3) is 0.250. The molecule has 30 heavy (non-hydrogen) atoms. The number of anilines is 1. The fourth-order valence-electron chi connectivity index (χ4n) is 3.28. The smallest absolute Gasteiger partial charge is 0.267 e. The molecule has 156 valence electrons. The van der Waals surface area contributed by atoms with Crippen LogP contribution in [0.2, 0.25) is 0 Å². The van der Waals surface area contributed by atoms with Crippen LogP contribution in [0.25, 0.3) is 0 Å². The molecule has 0 radical (unpaired) electrons. The predicted molar refractivity (Wildman–Crippen MR) is 105 cm³/mol. The molecule has 0 atom stereocenters. The first-order chi connectivity index (χ1) is 14.3. The number of rotatable bonds is 4. The molecule has 2 aromatic carbocycles. The van der Waals surface area contributed by atoms with Crippen LogP contribution >= 0.6 is 0 Å². The summed E-state index contributed by atoms with van der Waals surface area (Å²) in [7, 11) is -3.03. The second kappa shape index (κ2) is 7.45. The molecule has 2 aliphatic heterocycles. The summed E-state index contributed by atoms with van der Waals surface area (Å²) in [5.41, 5.74) is 0.266. The number of amides is 3. The molecule has 1 saturated heterocycles. The number of carbonyl (C=O) groups is 3. The van der Waals surface area contributed by atoms with E-state index in [1.54, 1.807) is 0 Å². The molecule has 2 aliphatic rings. The van der Waals surface area contributed by atoms with Gasteiger partial charge in [0, 0.05) is 31.5 Å². The van der Waals surface area contributed by atoms with Crippen molar-refractivity contribution >= 4 is 33.4 Å². The Hall–Kier alpha value is -3.40. The minimum Gasteiger partial charge on any atom is -0.486 e. The predicted octanol–water partition coefficient (Wildman–Crippen LogP) is 1.57. The highest BCUT2D eigenvalue weighted by Gasteiger charge is 2.32. The van der Waals surface area contributed by atoms with Crippen LogP contribution in [0.4, 0.5) is 5.69 Å². The molecule has 0 aliphatic carbocycles. The maximum atomic E-state index is 13.0. The van der Waals surface area contributed by atoms with Crippen molar-refractivity contribution in [3.05, 3.63) is 48.0 Å². The molecule has 2 heterocycles. The van der Waals surface area contributed by atoms with E-state index in [4.69, 9.17) is 9.47 Å². The van der Waals surface area contributed by atoms with Crippen LogP contribution < -0.4 is 14.4 Å². The van der Waals surface area contributed by atoms with Gasteiger partial charge in [-0.15, -0.1) is 0 Å². The Kier molecular flexibility index (Phi) is 4.94. The highest BCUT2D eigenvalue weighted by atomic mass is 32.2. The van der Waals surface area contributed by atoms with Crippen LogP contribution in [0.1, 0.15) is 23.2 Å². The van der Waals surface area contributed by atoms with Gasteiger partial charge in [-0.25, -0.2) is 12.7 Å². The maximum Gasteiger partial charge on any atom is 0.267 e. The number of hydrogen-bond acceptors (Lipinski definition) is 7. The molecular weight excluding hydrogens is 412 g/mol. The Balaban J connectivity index is 1.62. The number of sulfonamides is 1. The van der Waals surface area contributed by atoms with E-state index in [0.717, 1.165) is 11.9 Å². The van der Waals surface area contributed by atoms with Crippen molar-refractivity contribution in [2.45, 2.75) is 17.7 Å². The topological polar surface area (TPSA) is 110 Å².